The molecular formula is C27H23BrN2O5S. The van der Waals surface area contributed by atoms with Gasteiger partial charge in [-0.3, -0.25) is 14.5 Å². The highest BCUT2D eigenvalue weighted by molar-refractivity contribution is 9.10. The Kier molecular flexibility index (Phi) is 7.23. The number of ketones is 1. The summed E-state index contributed by atoms with van der Waals surface area (Å²) in [6.07, 6.45) is 1.45. The van der Waals surface area contributed by atoms with E-state index < -0.39 is 23.7 Å². The molecule has 184 valence electrons. The molecule has 2 aromatic carbocycles. The highest BCUT2D eigenvalue weighted by Gasteiger charge is 2.48. The predicted octanol–water partition coefficient (Wildman–Crippen LogP) is 5.80. The molecule has 1 unspecified atom stereocenters. The number of Topliss-reactive ketones (excluding diaryl/α,β-unsaturated/α-hetero) is 1. The molecule has 1 atom stereocenters. The average Bonchev–Trinajstić information content (AvgIpc) is 3.36. The molecule has 9 heteroatoms. The molecule has 1 aromatic heterocycles. The number of aromatic nitrogens is 1. The molecule has 0 aliphatic carbocycles. The molecule has 2 heterocycles. The minimum Gasteiger partial charge on any atom is -0.507 e. The number of esters is 1. The first kappa shape index (κ1) is 25.5. The third-order valence-electron chi connectivity index (χ3n) is 5.79. The van der Waals surface area contributed by atoms with Crippen molar-refractivity contribution in [1.29, 1.82) is 0 Å². The van der Waals surface area contributed by atoms with Crippen molar-refractivity contribution >= 4 is 55.8 Å². The number of carbonyl (C=O) groups is 3. The molecule has 1 aliphatic heterocycles. The normalized spacial score (nSPS) is 16.9. The zero-order valence-electron chi connectivity index (χ0n) is 19.9. The molecule has 0 radical (unpaired) electrons. The van der Waals surface area contributed by atoms with Crippen molar-refractivity contribution in [3.63, 3.8) is 0 Å². The van der Waals surface area contributed by atoms with E-state index in [1.165, 1.54) is 11.0 Å². The first-order chi connectivity index (χ1) is 17.1. The number of anilines is 1. The number of ether oxygens (including phenoxy) is 1. The predicted molar refractivity (Wildman–Crippen MR) is 142 cm³/mol. The smallest absolute Gasteiger partial charge is 0.350 e. The molecule has 1 amide bonds. The third-order valence-corrected chi connectivity index (χ3v) is 7.45. The maximum absolute atomic E-state index is 13.4. The number of hydrogen-bond donors (Lipinski definition) is 1. The van der Waals surface area contributed by atoms with Crippen LogP contribution in [0.3, 0.4) is 0 Å². The van der Waals surface area contributed by atoms with Gasteiger partial charge in [-0.25, -0.2) is 9.78 Å². The number of amides is 1. The van der Waals surface area contributed by atoms with E-state index in [1.54, 1.807) is 37.3 Å². The fourth-order valence-electron chi connectivity index (χ4n) is 4.00. The molecule has 1 saturated heterocycles. The van der Waals surface area contributed by atoms with Gasteiger partial charge in [-0.2, -0.15) is 0 Å². The van der Waals surface area contributed by atoms with E-state index in [0.717, 1.165) is 26.9 Å². The Bertz CT molecular complexity index is 1420. The quantitative estimate of drug-likeness (QED) is 0.133. The lowest BCUT2D eigenvalue weighted by Crippen LogP contribution is -2.29. The van der Waals surface area contributed by atoms with Crippen LogP contribution in [0.25, 0.3) is 5.76 Å². The second-order valence-corrected chi connectivity index (χ2v) is 10.2. The van der Waals surface area contributed by atoms with Gasteiger partial charge in [0.2, 0.25) is 0 Å². The molecule has 0 saturated carbocycles. The number of aryl methyl sites for hydroxylation is 3. The minimum atomic E-state index is -0.944. The van der Waals surface area contributed by atoms with Gasteiger partial charge in [-0.15, -0.1) is 0 Å². The van der Waals surface area contributed by atoms with Crippen molar-refractivity contribution < 1.29 is 24.2 Å². The first-order valence-corrected chi connectivity index (χ1v) is 12.6. The van der Waals surface area contributed by atoms with Gasteiger partial charge in [0.15, 0.2) is 5.13 Å². The van der Waals surface area contributed by atoms with Gasteiger partial charge in [-0.1, -0.05) is 69.8 Å². The number of halogens is 1. The fraction of sp³-hybridized carbons (Fsp3) is 0.185. The van der Waals surface area contributed by atoms with Gasteiger partial charge in [-0.05, 0) is 50.1 Å². The summed E-state index contributed by atoms with van der Waals surface area (Å²) in [4.78, 5) is 45.1. The average molecular weight is 567 g/mol. The zero-order chi connectivity index (χ0) is 26.1. The molecule has 1 N–H and O–H groups in total. The van der Waals surface area contributed by atoms with E-state index in [9.17, 15) is 19.5 Å². The highest BCUT2D eigenvalue weighted by Crippen LogP contribution is 2.44. The molecule has 0 bridgehead atoms. The Balaban J connectivity index is 1.91. The van der Waals surface area contributed by atoms with Crippen molar-refractivity contribution in [3.05, 3.63) is 98.0 Å². The van der Waals surface area contributed by atoms with Gasteiger partial charge >= 0.3 is 11.9 Å². The van der Waals surface area contributed by atoms with Crippen LogP contribution in [0.5, 0.6) is 0 Å². The van der Waals surface area contributed by atoms with E-state index in [-0.39, 0.29) is 27.9 Å². The van der Waals surface area contributed by atoms with E-state index in [1.807, 2.05) is 26.0 Å². The Hall–Kier alpha value is -3.56. The lowest BCUT2D eigenvalue weighted by molar-refractivity contribution is -0.132. The summed E-state index contributed by atoms with van der Waals surface area (Å²) in [5, 5.41) is 11.5. The largest absolute Gasteiger partial charge is 0.507 e. The summed E-state index contributed by atoms with van der Waals surface area (Å²) < 4.78 is 5.95. The Labute approximate surface area is 220 Å². The lowest BCUT2D eigenvalue weighted by atomic mass is 9.93. The molecular weight excluding hydrogens is 544 g/mol. The van der Waals surface area contributed by atoms with E-state index >= 15 is 0 Å². The van der Waals surface area contributed by atoms with Gasteiger partial charge in [0.05, 0.1) is 17.3 Å². The maximum atomic E-state index is 13.4. The Morgan fingerprint density at radius 3 is 2.56 bits per heavy atom. The van der Waals surface area contributed by atoms with Crippen LogP contribution in [0.4, 0.5) is 5.13 Å². The fourth-order valence-corrected chi connectivity index (χ4v) is 5.25. The van der Waals surface area contributed by atoms with E-state index in [2.05, 4.69) is 27.5 Å². The van der Waals surface area contributed by atoms with Crippen molar-refractivity contribution in [2.24, 2.45) is 0 Å². The Morgan fingerprint density at radius 1 is 1.19 bits per heavy atom. The third kappa shape index (κ3) is 4.64. The van der Waals surface area contributed by atoms with Crippen LogP contribution in [0.1, 0.15) is 43.7 Å². The SMILES string of the molecule is C=CCOC(=O)c1sc(N2C(=O)C(=O)C(=C(O)c3cc(C)ccc3C)C2c2ccc(Br)cc2)nc1C. The summed E-state index contributed by atoms with van der Waals surface area (Å²) in [5.74, 6) is -2.52. The summed E-state index contributed by atoms with van der Waals surface area (Å²) in [7, 11) is 0. The van der Waals surface area contributed by atoms with Crippen molar-refractivity contribution in [1.82, 2.24) is 4.98 Å². The molecule has 1 fully saturated rings. The maximum Gasteiger partial charge on any atom is 0.350 e. The van der Waals surface area contributed by atoms with Gasteiger partial charge in [0.25, 0.3) is 5.78 Å². The second kappa shape index (κ2) is 10.2. The number of aliphatic hydroxyl groups is 1. The van der Waals surface area contributed by atoms with E-state index in [0.29, 0.717) is 16.8 Å². The lowest BCUT2D eigenvalue weighted by Gasteiger charge is -2.23. The highest BCUT2D eigenvalue weighted by atomic mass is 79.9. The molecule has 0 spiro atoms. The monoisotopic (exact) mass is 566 g/mol. The summed E-state index contributed by atoms with van der Waals surface area (Å²) >= 11 is 4.37. The zero-order valence-corrected chi connectivity index (χ0v) is 22.3. The van der Waals surface area contributed by atoms with Crippen molar-refractivity contribution in [2.75, 3.05) is 11.5 Å². The van der Waals surface area contributed by atoms with Crippen LogP contribution in [0, 0.1) is 20.8 Å². The number of rotatable bonds is 6. The molecule has 4 rings (SSSR count). The van der Waals surface area contributed by atoms with Crippen molar-refractivity contribution in [3.8, 4) is 0 Å². The van der Waals surface area contributed by atoms with Gasteiger partial charge in [0.1, 0.15) is 17.2 Å². The van der Waals surface area contributed by atoms with Gasteiger partial charge in [0, 0.05) is 10.0 Å². The minimum absolute atomic E-state index is 0.0325. The second-order valence-electron chi connectivity index (χ2n) is 8.34. The summed E-state index contributed by atoms with van der Waals surface area (Å²) in [6.45, 7) is 8.90. The molecule has 3 aromatic rings. The van der Waals surface area contributed by atoms with Crippen molar-refractivity contribution in [2.45, 2.75) is 26.8 Å². The number of hydrogen-bond acceptors (Lipinski definition) is 7. The van der Waals surface area contributed by atoms with Crippen LogP contribution >= 0.6 is 27.3 Å². The Morgan fingerprint density at radius 2 is 1.89 bits per heavy atom. The van der Waals surface area contributed by atoms with E-state index in [4.69, 9.17) is 4.74 Å². The topological polar surface area (TPSA) is 96.8 Å². The molecule has 7 nitrogen and oxygen atoms in total. The number of carbonyl (C=O) groups excluding carboxylic acids is 3. The van der Waals surface area contributed by atoms with Gasteiger partial charge < -0.3 is 9.84 Å². The number of benzene rings is 2. The van der Waals surface area contributed by atoms with Crippen LogP contribution in [-0.2, 0) is 14.3 Å². The van der Waals surface area contributed by atoms with Crippen LogP contribution < -0.4 is 4.90 Å². The first-order valence-electron chi connectivity index (χ1n) is 11.0. The van der Waals surface area contributed by atoms with Crippen LogP contribution in [0.2, 0.25) is 0 Å². The number of nitrogens with zero attached hydrogens (tertiary/aromatic N) is 2. The standard InChI is InChI=1S/C27H23BrN2O5S/c1-5-12-35-26(34)24-16(4)29-27(36-24)30-21(17-8-10-18(28)11-9-17)20(23(32)25(30)33)22(31)19-13-14(2)6-7-15(19)3/h5-11,13,21,31H,1,12H2,2-4H3. The van der Waals surface area contributed by atoms with Crippen LogP contribution in [-0.4, -0.2) is 34.4 Å². The molecule has 1 aliphatic rings. The number of thiazole rings is 1. The molecule has 36 heavy (non-hydrogen) atoms. The summed E-state index contributed by atoms with van der Waals surface area (Å²) in [6, 6.07) is 11.7. The number of aliphatic hydroxyl groups excluding tert-OH is 1. The van der Waals surface area contributed by atoms with Crippen LogP contribution in [0.15, 0.2) is 65.2 Å². The summed E-state index contributed by atoms with van der Waals surface area (Å²) in [5.41, 5.74) is 3.06.